The number of benzene rings is 1. The number of aliphatic hydroxyl groups is 1. The molecule has 0 spiro atoms. The minimum atomic E-state index is -0.561. The van der Waals surface area contributed by atoms with Crippen LogP contribution in [0.1, 0.15) is 54.1 Å². The van der Waals surface area contributed by atoms with Gasteiger partial charge in [-0.2, -0.15) is 0 Å². The van der Waals surface area contributed by atoms with Crippen molar-refractivity contribution in [2.45, 2.75) is 58.1 Å². The van der Waals surface area contributed by atoms with Crippen molar-refractivity contribution < 1.29 is 19.0 Å². The van der Waals surface area contributed by atoms with E-state index in [2.05, 4.69) is 23.0 Å². The average Bonchev–Trinajstić information content (AvgIpc) is 3.63. The monoisotopic (exact) mass is 534 g/mol. The molecule has 1 amide bonds. The number of halogens is 1. The van der Waals surface area contributed by atoms with E-state index >= 15 is 0 Å². The van der Waals surface area contributed by atoms with E-state index in [0.717, 1.165) is 69.1 Å². The Hall–Kier alpha value is -2.81. The van der Waals surface area contributed by atoms with E-state index in [1.54, 1.807) is 11.0 Å². The Morgan fingerprint density at radius 3 is 2.72 bits per heavy atom. The summed E-state index contributed by atoms with van der Waals surface area (Å²) < 4.78 is 22.0. The number of aryl methyl sites for hydroxylation is 1. The van der Waals surface area contributed by atoms with Gasteiger partial charge in [0.2, 0.25) is 0 Å². The van der Waals surface area contributed by atoms with Gasteiger partial charge >= 0.3 is 0 Å². The van der Waals surface area contributed by atoms with Gasteiger partial charge in [0.15, 0.2) is 0 Å². The molecule has 8 heteroatoms. The number of ether oxygens (including phenoxy) is 1. The number of amides is 1. The molecule has 3 atom stereocenters. The van der Waals surface area contributed by atoms with E-state index in [1.807, 2.05) is 23.9 Å². The van der Waals surface area contributed by atoms with Gasteiger partial charge in [-0.3, -0.25) is 9.78 Å². The van der Waals surface area contributed by atoms with Gasteiger partial charge in [0, 0.05) is 50.6 Å². The molecule has 3 saturated heterocycles. The quantitative estimate of drug-likeness (QED) is 0.509. The number of hydrogen-bond donors (Lipinski definition) is 1. The molecule has 0 saturated carbocycles. The van der Waals surface area contributed by atoms with Gasteiger partial charge in [0.25, 0.3) is 5.91 Å². The smallest absolute Gasteiger partial charge is 0.256 e. The lowest BCUT2D eigenvalue weighted by molar-refractivity contribution is 0.0551. The van der Waals surface area contributed by atoms with Crippen molar-refractivity contribution >= 4 is 16.8 Å². The Bertz CT molecular complexity index is 1350. The van der Waals surface area contributed by atoms with Crippen LogP contribution < -0.4 is 0 Å². The van der Waals surface area contributed by atoms with Crippen LogP contribution >= 0.6 is 0 Å². The maximum Gasteiger partial charge on any atom is 0.256 e. The lowest BCUT2D eigenvalue weighted by Gasteiger charge is -2.27. The van der Waals surface area contributed by atoms with Crippen molar-refractivity contribution in [2.24, 2.45) is 11.8 Å². The maximum atomic E-state index is 14.5. The van der Waals surface area contributed by atoms with Gasteiger partial charge in [0.1, 0.15) is 5.82 Å². The fourth-order valence-electron chi connectivity index (χ4n) is 6.90. The maximum absolute atomic E-state index is 14.5. The summed E-state index contributed by atoms with van der Waals surface area (Å²) >= 11 is 0. The summed E-state index contributed by atoms with van der Waals surface area (Å²) in [5.74, 6) is 0.604. The first-order valence-electron chi connectivity index (χ1n) is 14.4. The zero-order chi connectivity index (χ0) is 27.1. The van der Waals surface area contributed by atoms with Crippen molar-refractivity contribution in [1.29, 1.82) is 0 Å². The molecular weight excluding hydrogens is 495 g/mol. The normalized spacial score (nSPS) is 24.7. The van der Waals surface area contributed by atoms with Gasteiger partial charge in [-0.15, -0.1) is 0 Å². The summed E-state index contributed by atoms with van der Waals surface area (Å²) in [6.45, 7) is 9.56. The summed E-state index contributed by atoms with van der Waals surface area (Å²) in [6.07, 6.45) is 10.3. The molecular formula is C31H39FN4O3. The van der Waals surface area contributed by atoms with Crippen molar-refractivity contribution in [1.82, 2.24) is 19.4 Å². The number of aromatic nitrogens is 2. The SMILES string of the molecule is Cc1cncc2c1c(C[C@@H]1CCN(CC3CCOCC3)C1)cn2-c1ccc(F)cc1C(=O)N1CCC(O)C1C. The fourth-order valence-corrected chi connectivity index (χ4v) is 6.90. The average molecular weight is 535 g/mol. The highest BCUT2D eigenvalue weighted by atomic mass is 19.1. The van der Waals surface area contributed by atoms with Gasteiger partial charge in [-0.1, -0.05) is 0 Å². The molecule has 3 aliphatic rings. The largest absolute Gasteiger partial charge is 0.391 e. The van der Waals surface area contributed by atoms with E-state index < -0.39 is 11.9 Å². The zero-order valence-electron chi connectivity index (χ0n) is 23.0. The third kappa shape index (κ3) is 5.22. The van der Waals surface area contributed by atoms with Crippen molar-refractivity contribution in [3.05, 3.63) is 59.3 Å². The molecule has 3 fully saturated rings. The highest BCUT2D eigenvalue weighted by Gasteiger charge is 2.34. The molecule has 6 rings (SSSR count). The summed E-state index contributed by atoms with van der Waals surface area (Å²) in [5.41, 5.74) is 4.23. The number of fused-ring (bicyclic) bond motifs is 1. The second-order valence-corrected chi connectivity index (χ2v) is 11.8. The van der Waals surface area contributed by atoms with E-state index in [4.69, 9.17) is 4.74 Å². The lowest BCUT2D eigenvalue weighted by Crippen LogP contribution is -2.37. The molecule has 3 aromatic rings. The molecule has 39 heavy (non-hydrogen) atoms. The molecule has 2 unspecified atom stereocenters. The van der Waals surface area contributed by atoms with Crippen molar-refractivity contribution in [2.75, 3.05) is 39.4 Å². The van der Waals surface area contributed by atoms with Gasteiger partial charge in [-0.05, 0) is 93.7 Å². The van der Waals surface area contributed by atoms with Crippen LogP contribution in [0.3, 0.4) is 0 Å². The van der Waals surface area contributed by atoms with Crippen LogP contribution in [0, 0.1) is 24.6 Å². The number of carbonyl (C=O) groups is 1. The first-order valence-corrected chi connectivity index (χ1v) is 14.4. The van der Waals surface area contributed by atoms with Crippen LogP contribution in [-0.4, -0.2) is 81.9 Å². The Kier molecular flexibility index (Phi) is 7.44. The molecule has 0 aliphatic carbocycles. The summed E-state index contributed by atoms with van der Waals surface area (Å²) in [6, 6.07) is 4.13. The van der Waals surface area contributed by atoms with Crippen LogP contribution in [0.15, 0.2) is 36.8 Å². The third-order valence-electron chi connectivity index (χ3n) is 9.14. The van der Waals surface area contributed by atoms with Gasteiger partial charge < -0.3 is 24.2 Å². The second kappa shape index (κ2) is 11.0. The predicted octanol–water partition coefficient (Wildman–Crippen LogP) is 4.36. The standard InChI is InChI=1S/C31H39FN4O3/c1-20-15-33-16-28-30(20)24(13-23-5-9-34(18-23)17-22-7-11-39-12-8-22)19-36(28)27-4-3-25(32)14-26(27)31(38)35-10-6-29(37)21(35)2/h3-4,14-16,19,21-23,29,37H,5-13,17-18H2,1-2H3/t21?,23-,29?/m0/s1. The summed E-state index contributed by atoms with van der Waals surface area (Å²) in [4.78, 5) is 22.4. The van der Waals surface area contributed by atoms with Crippen molar-refractivity contribution in [3.63, 3.8) is 0 Å². The van der Waals surface area contributed by atoms with Crippen LogP contribution in [0.2, 0.25) is 0 Å². The Balaban J connectivity index is 1.30. The molecule has 208 valence electrons. The molecule has 0 bridgehead atoms. The van der Waals surface area contributed by atoms with Gasteiger partial charge in [0.05, 0.1) is 35.1 Å². The number of aliphatic hydroxyl groups excluding tert-OH is 1. The minimum Gasteiger partial charge on any atom is -0.391 e. The fraction of sp³-hybridized carbons (Fsp3) is 0.548. The van der Waals surface area contributed by atoms with Crippen LogP contribution in [0.4, 0.5) is 4.39 Å². The van der Waals surface area contributed by atoms with E-state index in [0.29, 0.717) is 30.1 Å². The number of hydrogen-bond acceptors (Lipinski definition) is 5. The first-order chi connectivity index (χ1) is 18.9. The topological polar surface area (TPSA) is 70.8 Å². The number of pyridine rings is 1. The number of likely N-dealkylation sites (tertiary alicyclic amines) is 2. The Morgan fingerprint density at radius 2 is 1.95 bits per heavy atom. The number of rotatable bonds is 6. The summed E-state index contributed by atoms with van der Waals surface area (Å²) in [5, 5.41) is 11.4. The highest BCUT2D eigenvalue weighted by Crippen LogP contribution is 2.33. The first kappa shape index (κ1) is 26.4. The van der Waals surface area contributed by atoms with Gasteiger partial charge in [-0.25, -0.2) is 4.39 Å². The summed E-state index contributed by atoms with van der Waals surface area (Å²) in [7, 11) is 0. The third-order valence-corrected chi connectivity index (χ3v) is 9.14. The van der Waals surface area contributed by atoms with Crippen LogP contribution in [0.25, 0.3) is 16.6 Å². The highest BCUT2D eigenvalue weighted by molar-refractivity contribution is 5.99. The molecule has 2 aromatic heterocycles. The Labute approximate surface area is 229 Å². The number of nitrogens with zero attached hydrogens (tertiary/aromatic N) is 4. The minimum absolute atomic E-state index is 0.253. The lowest BCUT2D eigenvalue weighted by atomic mass is 9.97. The molecule has 7 nitrogen and oxygen atoms in total. The molecule has 0 radical (unpaired) electrons. The van der Waals surface area contributed by atoms with E-state index in [-0.39, 0.29) is 11.9 Å². The predicted molar refractivity (Wildman–Crippen MR) is 149 cm³/mol. The Morgan fingerprint density at radius 1 is 1.13 bits per heavy atom. The van der Waals surface area contributed by atoms with Crippen LogP contribution in [0.5, 0.6) is 0 Å². The van der Waals surface area contributed by atoms with Crippen LogP contribution in [-0.2, 0) is 11.2 Å². The zero-order valence-corrected chi connectivity index (χ0v) is 23.0. The second-order valence-electron chi connectivity index (χ2n) is 11.8. The molecule has 3 aliphatic heterocycles. The van der Waals surface area contributed by atoms with E-state index in [1.165, 1.54) is 29.5 Å². The molecule has 5 heterocycles. The molecule has 1 aromatic carbocycles. The molecule has 1 N–H and O–H groups in total. The number of carbonyl (C=O) groups excluding carboxylic acids is 1. The van der Waals surface area contributed by atoms with Crippen molar-refractivity contribution in [3.8, 4) is 5.69 Å². The van der Waals surface area contributed by atoms with E-state index in [9.17, 15) is 14.3 Å².